The number of carbonyl (C=O) groups is 2. The average molecular weight is 281 g/mol. The molecular formula is C16H15N3O2. The Morgan fingerprint density at radius 2 is 2.05 bits per heavy atom. The average Bonchev–Trinajstić information content (AvgIpc) is 2.90. The molecule has 0 bridgehead atoms. The Labute approximate surface area is 122 Å². The van der Waals surface area contributed by atoms with Gasteiger partial charge in [-0.1, -0.05) is 18.2 Å². The van der Waals surface area contributed by atoms with Crippen molar-refractivity contribution in [3.8, 4) is 0 Å². The molecule has 2 aromatic rings. The largest absolute Gasteiger partial charge is 0.316 e. The molecule has 21 heavy (non-hydrogen) atoms. The first kappa shape index (κ1) is 13.3. The number of aryl methyl sites for hydroxylation is 1. The number of anilines is 2. The van der Waals surface area contributed by atoms with Crippen LogP contribution in [0.25, 0.3) is 0 Å². The van der Waals surface area contributed by atoms with E-state index in [1.165, 1.54) is 4.90 Å². The highest BCUT2D eigenvalue weighted by molar-refractivity contribution is 6.44. The van der Waals surface area contributed by atoms with E-state index in [0.29, 0.717) is 12.4 Å². The zero-order valence-corrected chi connectivity index (χ0v) is 11.7. The third-order valence-corrected chi connectivity index (χ3v) is 3.48. The Bertz CT molecular complexity index is 712. The van der Waals surface area contributed by atoms with Crippen molar-refractivity contribution >= 4 is 23.3 Å². The summed E-state index contributed by atoms with van der Waals surface area (Å²) in [6.07, 6.45) is 2.37. The van der Waals surface area contributed by atoms with Crippen LogP contribution in [0.2, 0.25) is 0 Å². The summed E-state index contributed by atoms with van der Waals surface area (Å²) in [5.41, 5.74) is 2.88. The van der Waals surface area contributed by atoms with E-state index >= 15 is 0 Å². The van der Waals surface area contributed by atoms with Gasteiger partial charge in [0.15, 0.2) is 0 Å². The van der Waals surface area contributed by atoms with Crippen LogP contribution in [-0.4, -0.2) is 23.3 Å². The molecule has 0 unspecified atom stereocenters. The molecular weight excluding hydrogens is 266 g/mol. The number of amides is 2. The summed E-state index contributed by atoms with van der Waals surface area (Å²) in [5.74, 6) is -0.825. The number of fused-ring (bicyclic) bond motifs is 1. The highest BCUT2D eigenvalue weighted by Crippen LogP contribution is 2.27. The van der Waals surface area contributed by atoms with Gasteiger partial charge >= 0.3 is 11.8 Å². The summed E-state index contributed by atoms with van der Waals surface area (Å²) in [7, 11) is 0. The molecule has 0 aliphatic carbocycles. The van der Waals surface area contributed by atoms with E-state index < -0.39 is 11.8 Å². The first-order valence-electron chi connectivity index (χ1n) is 6.78. The molecule has 0 spiro atoms. The Morgan fingerprint density at radius 3 is 2.86 bits per heavy atom. The van der Waals surface area contributed by atoms with Crippen molar-refractivity contribution < 1.29 is 9.59 Å². The quantitative estimate of drug-likeness (QED) is 0.812. The number of hydrogen-bond acceptors (Lipinski definition) is 3. The lowest BCUT2D eigenvalue weighted by atomic mass is 10.2. The standard InChI is InChI=1S/C16H15N3O2/c1-11-6-8-17-14(10-11)18-15(20)16(21)19-9-7-12-4-2-3-5-13(12)19/h2-6,8,10H,7,9H2,1H3,(H,17,18,20). The number of rotatable bonds is 1. The molecule has 3 rings (SSSR count). The number of benzene rings is 1. The molecule has 1 N–H and O–H groups in total. The van der Waals surface area contributed by atoms with Gasteiger partial charge in [0.1, 0.15) is 5.82 Å². The molecule has 5 nitrogen and oxygen atoms in total. The molecule has 0 saturated carbocycles. The molecule has 1 aromatic heterocycles. The second-order valence-electron chi connectivity index (χ2n) is 5.01. The number of carbonyl (C=O) groups excluding carboxylic acids is 2. The second kappa shape index (κ2) is 5.36. The van der Waals surface area contributed by atoms with Gasteiger partial charge in [0.05, 0.1) is 0 Å². The molecule has 0 radical (unpaired) electrons. The van der Waals surface area contributed by atoms with Gasteiger partial charge in [0.2, 0.25) is 0 Å². The number of aromatic nitrogens is 1. The molecule has 1 aliphatic rings. The number of nitrogens with zero attached hydrogens (tertiary/aromatic N) is 2. The summed E-state index contributed by atoms with van der Waals surface area (Å²) < 4.78 is 0. The second-order valence-corrected chi connectivity index (χ2v) is 5.01. The number of hydrogen-bond donors (Lipinski definition) is 1. The van der Waals surface area contributed by atoms with Crippen molar-refractivity contribution in [2.24, 2.45) is 0 Å². The number of para-hydroxylation sites is 1. The van der Waals surface area contributed by atoms with Crippen molar-refractivity contribution in [1.29, 1.82) is 0 Å². The van der Waals surface area contributed by atoms with Crippen LogP contribution in [0.3, 0.4) is 0 Å². The van der Waals surface area contributed by atoms with Gasteiger partial charge < -0.3 is 10.2 Å². The maximum absolute atomic E-state index is 12.3. The van der Waals surface area contributed by atoms with Crippen molar-refractivity contribution in [1.82, 2.24) is 4.98 Å². The minimum absolute atomic E-state index is 0.390. The molecule has 2 amide bonds. The highest BCUT2D eigenvalue weighted by atomic mass is 16.2. The van der Waals surface area contributed by atoms with Crippen LogP contribution in [0.5, 0.6) is 0 Å². The SMILES string of the molecule is Cc1ccnc(NC(=O)C(=O)N2CCc3ccccc32)c1. The van der Waals surface area contributed by atoms with E-state index in [9.17, 15) is 9.59 Å². The van der Waals surface area contributed by atoms with E-state index in [2.05, 4.69) is 10.3 Å². The molecule has 106 valence electrons. The zero-order valence-electron chi connectivity index (χ0n) is 11.7. The maximum atomic E-state index is 12.3. The Balaban J connectivity index is 1.76. The minimum Gasteiger partial charge on any atom is -0.304 e. The zero-order chi connectivity index (χ0) is 14.8. The number of pyridine rings is 1. The first-order valence-corrected chi connectivity index (χ1v) is 6.78. The summed E-state index contributed by atoms with van der Waals surface area (Å²) in [4.78, 5) is 29.9. The molecule has 1 aromatic carbocycles. The predicted octanol–water partition coefficient (Wildman–Crippen LogP) is 1.92. The van der Waals surface area contributed by atoms with Crippen molar-refractivity contribution in [3.05, 3.63) is 53.7 Å². The number of nitrogens with one attached hydrogen (secondary N) is 1. The lowest BCUT2D eigenvalue weighted by molar-refractivity contribution is -0.134. The fourth-order valence-electron chi connectivity index (χ4n) is 2.45. The van der Waals surface area contributed by atoms with E-state index in [-0.39, 0.29) is 0 Å². The lowest BCUT2D eigenvalue weighted by Crippen LogP contribution is -2.38. The fourth-order valence-corrected chi connectivity index (χ4v) is 2.45. The summed E-state index contributed by atoms with van der Waals surface area (Å²) in [6.45, 7) is 2.43. The van der Waals surface area contributed by atoms with Crippen LogP contribution >= 0.6 is 0 Å². The van der Waals surface area contributed by atoms with Crippen LogP contribution in [0, 0.1) is 6.92 Å². The lowest BCUT2D eigenvalue weighted by Gasteiger charge is -2.16. The van der Waals surface area contributed by atoms with Gasteiger partial charge in [-0.05, 0) is 42.7 Å². The third-order valence-electron chi connectivity index (χ3n) is 3.48. The van der Waals surface area contributed by atoms with Crippen molar-refractivity contribution in [2.45, 2.75) is 13.3 Å². The highest BCUT2D eigenvalue weighted by Gasteiger charge is 2.28. The van der Waals surface area contributed by atoms with E-state index in [1.807, 2.05) is 37.3 Å². The van der Waals surface area contributed by atoms with Gasteiger partial charge in [0, 0.05) is 18.4 Å². The first-order chi connectivity index (χ1) is 10.1. The van der Waals surface area contributed by atoms with Gasteiger partial charge in [-0.25, -0.2) is 4.98 Å². The monoisotopic (exact) mass is 281 g/mol. The summed E-state index contributed by atoms with van der Waals surface area (Å²) >= 11 is 0. The van der Waals surface area contributed by atoms with Gasteiger partial charge in [-0.2, -0.15) is 0 Å². The topological polar surface area (TPSA) is 62.3 Å². The molecule has 0 atom stereocenters. The van der Waals surface area contributed by atoms with E-state index in [1.54, 1.807) is 12.3 Å². The third kappa shape index (κ3) is 2.63. The van der Waals surface area contributed by atoms with E-state index in [0.717, 1.165) is 23.2 Å². The normalized spacial score (nSPS) is 12.9. The maximum Gasteiger partial charge on any atom is 0.316 e. The van der Waals surface area contributed by atoms with E-state index in [4.69, 9.17) is 0 Å². The van der Waals surface area contributed by atoms with Crippen LogP contribution in [0.1, 0.15) is 11.1 Å². The molecule has 2 heterocycles. The minimum atomic E-state index is -0.662. The molecule has 0 saturated heterocycles. The van der Waals surface area contributed by atoms with Gasteiger partial charge in [0.25, 0.3) is 0 Å². The van der Waals surface area contributed by atoms with Crippen LogP contribution in [-0.2, 0) is 16.0 Å². The van der Waals surface area contributed by atoms with Crippen molar-refractivity contribution in [3.63, 3.8) is 0 Å². The van der Waals surface area contributed by atoms with Crippen molar-refractivity contribution in [2.75, 3.05) is 16.8 Å². The Kier molecular flexibility index (Phi) is 3.39. The molecule has 1 aliphatic heterocycles. The predicted molar refractivity (Wildman–Crippen MR) is 80.1 cm³/mol. The Morgan fingerprint density at radius 1 is 1.24 bits per heavy atom. The van der Waals surface area contributed by atoms with Gasteiger partial charge in [-0.3, -0.25) is 9.59 Å². The molecule has 5 heteroatoms. The summed E-state index contributed by atoms with van der Waals surface area (Å²) in [6, 6.07) is 11.2. The van der Waals surface area contributed by atoms with Gasteiger partial charge in [-0.15, -0.1) is 0 Å². The van der Waals surface area contributed by atoms with Crippen LogP contribution in [0.15, 0.2) is 42.6 Å². The molecule has 0 fully saturated rings. The smallest absolute Gasteiger partial charge is 0.304 e. The van der Waals surface area contributed by atoms with Crippen LogP contribution in [0.4, 0.5) is 11.5 Å². The summed E-state index contributed by atoms with van der Waals surface area (Å²) in [5, 5.41) is 2.55. The van der Waals surface area contributed by atoms with Crippen LogP contribution < -0.4 is 10.2 Å². The Hall–Kier alpha value is -2.69. The fraction of sp³-hybridized carbons (Fsp3) is 0.188.